The number of hydrogen-bond donors (Lipinski definition) is 2. The highest BCUT2D eigenvalue weighted by Crippen LogP contribution is 2.29. The maximum Gasteiger partial charge on any atom is 0.416 e. The summed E-state index contributed by atoms with van der Waals surface area (Å²) in [4.78, 5) is 4.29. The Morgan fingerprint density at radius 2 is 2.04 bits per heavy atom. The van der Waals surface area contributed by atoms with E-state index < -0.39 is 11.7 Å². The SMILES string of the molecule is CCNC(=NCCOCC)NCC#Cc1cccc(C(F)(F)F)c1. The molecule has 24 heavy (non-hydrogen) atoms. The second kappa shape index (κ2) is 10.6. The van der Waals surface area contributed by atoms with Gasteiger partial charge in [0.05, 0.1) is 25.3 Å². The van der Waals surface area contributed by atoms with Crippen molar-refractivity contribution in [1.29, 1.82) is 0 Å². The number of halogens is 3. The molecule has 0 saturated heterocycles. The van der Waals surface area contributed by atoms with Gasteiger partial charge < -0.3 is 15.4 Å². The van der Waals surface area contributed by atoms with Crippen LogP contribution < -0.4 is 10.6 Å². The van der Waals surface area contributed by atoms with Crippen molar-refractivity contribution >= 4 is 5.96 Å². The molecule has 0 aliphatic rings. The van der Waals surface area contributed by atoms with Gasteiger partial charge in [0.25, 0.3) is 0 Å². The summed E-state index contributed by atoms with van der Waals surface area (Å²) in [6, 6.07) is 4.95. The quantitative estimate of drug-likeness (QED) is 0.362. The summed E-state index contributed by atoms with van der Waals surface area (Å²) >= 11 is 0. The Kier molecular flexibility index (Phi) is 8.72. The molecule has 7 heteroatoms. The van der Waals surface area contributed by atoms with Crippen molar-refractivity contribution in [3.8, 4) is 11.8 Å². The van der Waals surface area contributed by atoms with Crippen molar-refractivity contribution in [2.24, 2.45) is 4.99 Å². The Hall–Kier alpha value is -2.20. The monoisotopic (exact) mass is 341 g/mol. The maximum atomic E-state index is 12.6. The van der Waals surface area contributed by atoms with E-state index in [1.54, 1.807) is 6.07 Å². The zero-order valence-electron chi connectivity index (χ0n) is 13.8. The number of guanidine groups is 1. The van der Waals surface area contributed by atoms with Crippen LogP contribution in [0.25, 0.3) is 0 Å². The number of hydrogen-bond acceptors (Lipinski definition) is 2. The third-order valence-electron chi connectivity index (χ3n) is 2.82. The minimum atomic E-state index is -4.36. The first-order chi connectivity index (χ1) is 11.5. The van der Waals surface area contributed by atoms with Gasteiger partial charge in [-0.05, 0) is 32.0 Å². The minimum absolute atomic E-state index is 0.275. The van der Waals surface area contributed by atoms with Crippen molar-refractivity contribution in [2.75, 3.05) is 32.8 Å². The predicted octanol–water partition coefficient (Wildman–Crippen LogP) is 2.65. The highest BCUT2D eigenvalue weighted by atomic mass is 19.4. The fourth-order valence-electron chi connectivity index (χ4n) is 1.76. The summed E-state index contributed by atoms with van der Waals surface area (Å²) in [6.45, 7) is 6.51. The van der Waals surface area contributed by atoms with E-state index in [4.69, 9.17) is 4.74 Å². The first kappa shape index (κ1) is 19.8. The zero-order valence-corrected chi connectivity index (χ0v) is 13.8. The van der Waals surface area contributed by atoms with E-state index in [1.165, 1.54) is 6.07 Å². The molecular weight excluding hydrogens is 319 g/mol. The van der Waals surface area contributed by atoms with Gasteiger partial charge in [0, 0.05) is 18.7 Å². The van der Waals surface area contributed by atoms with Gasteiger partial charge in [0.1, 0.15) is 0 Å². The second-order valence-corrected chi connectivity index (χ2v) is 4.69. The number of benzene rings is 1. The predicted molar refractivity (Wildman–Crippen MR) is 88.8 cm³/mol. The second-order valence-electron chi connectivity index (χ2n) is 4.69. The third-order valence-corrected chi connectivity index (χ3v) is 2.82. The number of nitrogens with one attached hydrogen (secondary N) is 2. The van der Waals surface area contributed by atoms with Crippen LogP contribution in [0, 0.1) is 11.8 Å². The number of rotatable bonds is 6. The van der Waals surface area contributed by atoms with E-state index in [1.807, 2.05) is 13.8 Å². The van der Waals surface area contributed by atoms with E-state index >= 15 is 0 Å². The first-order valence-corrected chi connectivity index (χ1v) is 7.73. The fourth-order valence-corrected chi connectivity index (χ4v) is 1.76. The Morgan fingerprint density at radius 3 is 2.71 bits per heavy atom. The molecule has 0 bridgehead atoms. The lowest BCUT2D eigenvalue weighted by molar-refractivity contribution is -0.137. The van der Waals surface area contributed by atoms with E-state index in [-0.39, 0.29) is 6.54 Å². The summed E-state index contributed by atoms with van der Waals surface area (Å²) in [5, 5.41) is 6.05. The molecule has 2 N–H and O–H groups in total. The van der Waals surface area contributed by atoms with E-state index in [0.29, 0.717) is 37.8 Å². The smallest absolute Gasteiger partial charge is 0.380 e. The van der Waals surface area contributed by atoms with Gasteiger partial charge in [-0.2, -0.15) is 13.2 Å². The number of alkyl halides is 3. The van der Waals surface area contributed by atoms with Crippen LogP contribution in [-0.2, 0) is 10.9 Å². The molecule has 1 aromatic rings. The molecule has 0 radical (unpaired) electrons. The van der Waals surface area contributed by atoms with Crippen molar-refractivity contribution in [1.82, 2.24) is 10.6 Å². The Bertz CT molecular complexity index is 589. The molecule has 0 atom stereocenters. The van der Waals surface area contributed by atoms with Crippen molar-refractivity contribution < 1.29 is 17.9 Å². The topological polar surface area (TPSA) is 45.7 Å². The van der Waals surface area contributed by atoms with Gasteiger partial charge in [-0.25, -0.2) is 0 Å². The molecule has 132 valence electrons. The minimum Gasteiger partial charge on any atom is -0.380 e. The molecule has 1 aromatic carbocycles. The summed E-state index contributed by atoms with van der Waals surface area (Å²) < 4.78 is 43.1. The lowest BCUT2D eigenvalue weighted by Crippen LogP contribution is -2.37. The summed E-state index contributed by atoms with van der Waals surface area (Å²) in [7, 11) is 0. The fraction of sp³-hybridized carbons (Fsp3) is 0.471. The highest BCUT2D eigenvalue weighted by molar-refractivity contribution is 5.80. The largest absolute Gasteiger partial charge is 0.416 e. The van der Waals surface area contributed by atoms with E-state index in [2.05, 4.69) is 27.5 Å². The molecular formula is C17H22F3N3O. The molecule has 0 fully saturated rings. The van der Waals surface area contributed by atoms with Gasteiger partial charge in [-0.15, -0.1) is 0 Å². The van der Waals surface area contributed by atoms with Crippen LogP contribution >= 0.6 is 0 Å². The molecule has 0 saturated carbocycles. The van der Waals surface area contributed by atoms with Crippen LogP contribution in [0.1, 0.15) is 25.0 Å². The normalized spacial score (nSPS) is 11.6. The molecule has 0 aliphatic carbocycles. The molecule has 0 heterocycles. The summed E-state index contributed by atoms with van der Waals surface area (Å²) in [5.74, 6) is 6.09. The van der Waals surface area contributed by atoms with Crippen LogP contribution in [0.4, 0.5) is 13.2 Å². The molecule has 0 aromatic heterocycles. The lowest BCUT2D eigenvalue weighted by Gasteiger charge is -2.08. The average Bonchev–Trinajstić information content (AvgIpc) is 2.55. The lowest BCUT2D eigenvalue weighted by atomic mass is 10.1. The molecule has 0 spiro atoms. The van der Waals surface area contributed by atoms with Crippen LogP contribution in [0.15, 0.2) is 29.3 Å². The van der Waals surface area contributed by atoms with Crippen LogP contribution in [0.3, 0.4) is 0 Å². The van der Waals surface area contributed by atoms with Gasteiger partial charge in [0.2, 0.25) is 0 Å². The Balaban J connectivity index is 2.57. The Labute approximate surface area is 140 Å². The van der Waals surface area contributed by atoms with Crippen LogP contribution in [0.5, 0.6) is 0 Å². The number of nitrogens with zero attached hydrogens (tertiary/aromatic N) is 1. The standard InChI is InChI=1S/C17H22F3N3O/c1-3-21-16(23-11-12-24-4-2)22-10-6-8-14-7-5-9-15(13-14)17(18,19)20/h5,7,9,13H,3-4,10-12H2,1-2H3,(H2,21,22,23). The van der Waals surface area contributed by atoms with E-state index in [0.717, 1.165) is 12.1 Å². The zero-order chi connectivity index (χ0) is 17.8. The van der Waals surface area contributed by atoms with Gasteiger partial charge in [-0.1, -0.05) is 17.9 Å². The third kappa shape index (κ3) is 7.88. The average molecular weight is 341 g/mol. The molecule has 1 rings (SSSR count). The van der Waals surface area contributed by atoms with Crippen molar-refractivity contribution in [3.05, 3.63) is 35.4 Å². The summed E-state index contributed by atoms with van der Waals surface area (Å²) in [5.41, 5.74) is -0.377. The van der Waals surface area contributed by atoms with Crippen LogP contribution in [0.2, 0.25) is 0 Å². The number of aliphatic imine (C=N–C) groups is 1. The summed E-state index contributed by atoms with van der Waals surface area (Å²) in [6.07, 6.45) is -4.36. The molecule has 0 unspecified atom stereocenters. The molecule has 4 nitrogen and oxygen atoms in total. The van der Waals surface area contributed by atoms with Crippen molar-refractivity contribution in [2.45, 2.75) is 20.0 Å². The highest BCUT2D eigenvalue weighted by Gasteiger charge is 2.30. The van der Waals surface area contributed by atoms with Gasteiger partial charge in [-0.3, -0.25) is 4.99 Å². The van der Waals surface area contributed by atoms with E-state index in [9.17, 15) is 13.2 Å². The molecule has 0 amide bonds. The number of ether oxygens (including phenoxy) is 1. The Morgan fingerprint density at radius 1 is 1.25 bits per heavy atom. The van der Waals surface area contributed by atoms with Crippen molar-refractivity contribution in [3.63, 3.8) is 0 Å². The molecule has 0 aliphatic heterocycles. The van der Waals surface area contributed by atoms with Crippen LogP contribution in [-0.4, -0.2) is 38.8 Å². The van der Waals surface area contributed by atoms with Gasteiger partial charge in [0.15, 0.2) is 5.96 Å². The maximum absolute atomic E-state index is 12.6. The van der Waals surface area contributed by atoms with Gasteiger partial charge >= 0.3 is 6.18 Å². The first-order valence-electron chi connectivity index (χ1n) is 7.73.